The average molecular weight is 366 g/mol. The summed E-state index contributed by atoms with van der Waals surface area (Å²) in [6.07, 6.45) is 2.22. The Morgan fingerprint density at radius 2 is 1.74 bits per heavy atom. The summed E-state index contributed by atoms with van der Waals surface area (Å²) >= 11 is 0. The molecule has 0 bridgehead atoms. The summed E-state index contributed by atoms with van der Waals surface area (Å²) in [6, 6.07) is 17.4. The molecule has 2 aromatic rings. The topological polar surface area (TPSA) is 61.8 Å². The van der Waals surface area contributed by atoms with E-state index in [0.717, 1.165) is 24.3 Å². The van der Waals surface area contributed by atoms with Crippen molar-refractivity contribution in [1.82, 2.24) is 4.90 Å². The number of hydrogen-bond donors (Lipinski definition) is 2. The highest BCUT2D eigenvalue weighted by Gasteiger charge is 2.49. The second kappa shape index (κ2) is 7.24. The van der Waals surface area contributed by atoms with E-state index in [4.69, 9.17) is 4.74 Å². The molecule has 2 aliphatic rings. The number of carbonyl (C=O) groups excluding carboxylic acids is 1. The van der Waals surface area contributed by atoms with Crippen LogP contribution in [0.15, 0.2) is 54.6 Å². The second-order valence-corrected chi connectivity index (χ2v) is 7.88. The molecule has 4 rings (SSSR count). The van der Waals surface area contributed by atoms with Gasteiger partial charge in [0.1, 0.15) is 5.75 Å². The quantitative estimate of drug-likeness (QED) is 0.870. The van der Waals surface area contributed by atoms with Gasteiger partial charge in [-0.15, -0.1) is 0 Å². The summed E-state index contributed by atoms with van der Waals surface area (Å²) in [5.74, 6) is 1.52. The number of nitrogens with zero attached hydrogens (tertiary/aromatic N) is 1. The Hall–Kier alpha value is -2.53. The van der Waals surface area contributed by atoms with Crippen LogP contribution >= 0.6 is 0 Å². The van der Waals surface area contributed by atoms with Gasteiger partial charge >= 0.3 is 6.03 Å². The molecule has 2 N–H and O–H groups in total. The maximum atomic E-state index is 12.6. The van der Waals surface area contributed by atoms with Crippen molar-refractivity contribution in [3.63, 3.8) is 0 Å². The van der Waals surface area contributed by atoms with Crippen molar-refractivity contribution >= 4 is 11.7 Å². The molecular weight excluding hydrogens is 340 g/mol. The molecule has 1 aliphatic heterocycles. The van der Waals surface area contributed by atoms with Crippen molar-refractivity contribution in [3.05, 3.63) is 60.2 Å². The van der Waals surface area contributed by atoms with Crippen LogP contribution in [0.4, 0.5) is 10.5 Å². The van der Waals surface area contributed by atoms with Crippen molar-refractivity contribution in [3.8, 4) is 5.75 Å². The number of aliphatic hydroxyl groups is 1. The number of amides is 2. The van der Waals surface area contributed by atoms with Crippen LogP contribution in [0.3, 0.4) is 0 Å². The van der Waals surface area contributed by atoms with Gasteiger partial charge in [-0.25, -0.2) is 4.79 Å². The zero-order valence-corrected chi connectivity index (χ0v) is 15.6. The minimum Gasteiger partial charge on any atom is -0.497 e. The summed E-state index contributed by atoms with van der Waals surface area (Å²) < 4.78 is 5.14. The minimum absolute atomic E-state index is 0.0684. The molecule has 2 atom stereocenters. The van der Waals surface area contributed by atoms with Crippen molar-refractivity contribution < 1.29 is 14.6 Å². The molecule has 5 heteroatoms. The summed E-state index contributed by atoms with van der Waals surface area (Å²) in [4.78, 5) is 14.5. The molecule has 1 heterocycles. The molecule has 27 heavy (non-hydrogen) atoms. The number of benzene rings is 2. The molecule has 0 spiro atoms. The molecule has 5 nitrogen and oxygen atoms in total. The first-order chi connectivity index (χ1) is 13.0. The van der Waals surface area contributed by atoms with E-state index < -0.39 is 5.60 Å². The van der Waals surface area contributed by atoms with Crippen LogP contribution in [0.1, 0.15) is 18.4 Å². The third-order valence-corrected chi connectivity index (χ3v) is 5.87. The van der Waals surface area contributed by atoms with Crippen LogP contribution in [-0.4, -0.2) is 41.8 Å². The number of ether oxygens (including phenoxy) is 1. The molecule has 0 radical (unpaired) electrons. The monoisotopic (exact) mass is 366 g/mol. The Morgan fingerprint density at radius 3 is 2.33 bits per heavy atom. The van der Waals surface area contributed by atoms with Gasteiger partial charge in [0.25, 0.3) is 0 Å². The zero-order chi connectivity index (χ0) is 18.9. The van der Waals surface area contributed by atoms with Gasteiger partial charge in [-0.2, -0.15) is 0 Å². The maximum Gasteiger partial charge on any atom is 0.321 e. The first-order valence-electron chi connectivity index (χ1n) is 9.51. The SMILES string of the molecule is COc1ccc(NC(=O)N2CC3CC(O)(Cc4ccccc4)CC3C2)cc1. The minimum atomic E-state index is -0.644. The number of likely N-dealkylation sites (tertiary alicyclic amines) is 1. The highest BCUT2D eigenvalue weighted by Crippen LogP contribution is 2.45. The lowest BCUT2D eigenvalue weighted by Gasteiger charge is -2.26. The molecule has 2 unspecified atom stereocenters. The van der Waals surface area contributed by atoms with Gasteiger partial charge in [-0.1, -0.05) is 30.3 Å². The molecule has 1 aliphatic carbocycles. The lowest BCUT2D eigenvalue weighted by atomic mass is 9.91. The average Bonchev–Trinajstić information content (AvgIpc) is 3.18. The van der Waals surface area contributed by atoms with E-state index in [1.807, 2.05) is 47.4 Å². The number of methoxy groups -OCH3 is 1. The Bertz CT molecular complexity index is 777. The standard InChI is InChI=1S/C22H26N2O3/c1-27-20-9-7-19(8-10-20)23-21(25)24-14-17-12-22(26,13-18(17)15-24)11-16-5-3-2-4-6-16/h2-10,17-18,26H,11-15H2,1H3,(H,23,25). The molecule has 2 aromatic carbocycles. The number of carbonyl (C=O) groups is 1. The number of hydrogen-bond acceptors (Lipinski definition) is 3. The van der Waals surface area contributed by atoms with Gasteiger partial charge in [0.2, 0.25) is 0 Å². The number of rotatable bonds is 4. The lowest BCUT2D eigenvalue weighted by molar-refractivity contribution is 0.0368. The van der Waals surface area contributed by atoms with Crippen molar-refractivity contribution in [2.45, 2.75) is 24.9 Å². The molecule has 2 amide bonds. The van der Waals surface area contributed by atoms with E-state index in [9.17, 15) is 9.90 Å². The number of nitrogens with one attached hydrogen (secondary N) is 1. The van der Waals surface area contributed by atoms with Gasteiger partial charge in [-0.3, -0.25) is 0 Å². The van der Waals surface area contributed by atoms with E-state index in [1.165, 1.54) is 5.56 Å². The van der Waals surface area contributed by atoms with E-state index in [-0.39, 0.29) is 6.03 Å². The van der Waals surface area contributed by atoms with E-state index in [0.29, 0.717) is 31.3 Å². The Kier molecular flexibility index (Phi) is 4.79. The van der Waals surface area contributed by atoms with E-state index in [1.54, 1.807) is 7.11 Å². The van der Waals surface area contributed by atoms with Crippen LogP contribution < -0.4 is 10.1 Å². The first kappa shape index (κ1) is 17.9. The van der Waals surface area contributed by atoms with Crippen LogP contribution in [-0.2, 0) is 6.42 Å². The smallest absolute Gasteiger partial charge is 0.321 e. The lowest BCUT2D eigenvalue weighted by Crippen LogP contribution is -2.36. The van der Waals surface area contributed by atoms with Gasteiger partial charge < -0.3 is 20.1 Å². The molecule has 1 saturated heterocycles. The third kappa shape index (κ3) is 3.93. The molecule has 2 fully saturated rings. The highest BCUT2D eigenvalue weighted by molar-refractivity contribution is 5.89. The van der Waals surface area contributed by atoms with Crippen LogP contribution in [0.5, 0.6) is 5.75 Å². The number of fused-ring (bicyclic) bond motifs is 1. The summed E-state index contributed by atoms with van der Waals surface area (Å²) in [6.45, 7) is 1.42. The highest BCUT2D eigenvalue weighted by atomic mass is 16.5. The fourth-order valence-electron chi connectivity index (χ4n) is 4.62. The van der Waals surface area contributed by atoms with E-state index in [2.05, 4.69) is 17.4 Å². The molecule has 142 valence electrons. The summed E-state index contributed by atoms with van der Waals surface area (Å²) in [5.41, 5.74) is 1.29. The van der Waals surface area contributed by atoms with Crippen LogP contribution in [0.2, 0.25) is 0 Å². The van der Waals surface area contributed by atoms with E-state index >= 15 is 0 Å². The normalized spacial score (nSPS) is 26.7. The van der Waals surface area contributed by atoms with Gasteiger partial charge in [0.05, 0.1) is 12.7 Å². The first-order valence-corrected chi connectivity index (χ1v) is 9.51. The van der Waals surface area contributed by atoms with Crippen LogP contribution in [0.25, 0.3) is 0 Å². The fraction of sp³-hybridized carbons (Fsp3) is 0.409. The maximum absolute atomic E-state index is 12.6. The Morgan fingerprint density at radius 1 is 1.11 bits per heavy atom. The zero-order valence-electron chi connectivity index (χ0n) is 15.6. The summed E-state index contributed by atoms with van der Waals surface area (Å²) in [7, 11) is 1.62. The van der Waals surface area contributed by atoms with Gasteiger partial charge in [0.15, 0.2) is 0 Å². The van der Waals surface area contributed by atoms with Crippen molar-refractivity contribution in [2.75, 3.05) is 25.5 Å². The Labute approximate surface area is 160 Å². The van der Waals surface area contributed by atoms with Crippen molar-refractivity contribution in [1.29, 1.82) is 0 Å². The second-order valence-electron chi connectivity index (χ2n) is 7.88. The molecular formula is C22H26N2O3. The van der Waals surface area contributed by atoms with Gasteiger partial charge in [0, 0.05) is 25.2 Å². The predicted molar refractivity (Wildman–Crippen MR) is 105 cm³/mol. The molecule has 0 aromatic heterocycles. The van der Waals surface area contributed by atoms with Crippen LogP contribution in [0, 0.1) is 11.8 Å². The molecule has 1 saturated carbocycles. The Balaban J connectivity index is 1.33. The fourth-order valence-corrected chi connectivity index (χ4v) is 4.62. The largest absolute Gasteiger partial charge is 0.497 e. The summed E-state index contributed by atoms with van der Waals surface area (Å²) in [5, 5.41) is 14.0. The van der Waals surface area contributed by atoms with Gasteiger partial charge in [-0.05, 0) is 54.5 Å². The predicted octanol–water partition coefficient (Wildman–Crippen LogP) is 3.54. The number of anilines is 1. The third-order valence-electron chi connectivity index (χ3n) is 5.87. The van der Waals surface area contributed by atoms with Crippen molar-refractivity contribution in [2.24, 2.45) is 11.8 Å². The number of urea groups is 1.